The normalized spacial score (nSPS) is 20.6. The van der Waals surface area contributed by atoms with E-state index in [0.29, 0.717) is 65.5 Å². The van der Waals surface area contributed by atoms with E-state index >= 15 is 0 Å². The fourth-order valence-corrected chi connectivity index (χ4v) is 6.49. The summed E-state index contributed by atoms with van der Waals surface area (Å²) in [6.07, 6.45) is 6.98. The Hall–Kier alpha value is -4.51. The van der Waals surface area contributed by atoms with Crippen molar-refractivity contribution in [3.05, 3.63) is 65.9 Å². The molecule has 2 saturated heterocycles. The molecule has 11 heteroatoms. The number of aryl methyl sites for hydroxylation is 1. The van der Waals surface area contributed by atoms with Crippen molar-refractivity contribution in [3.63, 3.8) is 0 Å². The molecule has 4 aromatic rings. The molecular weight excluding hydrogens is 556 g/mol. The van der Waals surface area contributed by atoms with Gasteiger partial charge in [0.05, 0.1) is 13.2 Å². The Morgan fingerprint density at radius 2 is 2.02 bits per heavy atom. The average Bonchev–Trinajstić information content (AvgIpc) is 3.39. The maximum atomic E-state index is 13.3. The number of nitrogens with two attached hydrogens (primary N) is 1. The smallest absolute Gasteiger partial charge is 0.256 e. The number of amides is 2. The first-order valence-electron chi connectivity index (χ1n) is 15.3. The molecule has 2 amide bonds. The number of benzene rings is 1. The van der Waals surface area contributed by atoms with Crippen LogP contribution in [0, 0.1) is 6.92 Å². The molecular formula is C33H40N8O3. The molecule has 2 aliphatic heterocycles. The second kappa shape index (κ2) is 11.5. The second-order valence-electron chi connectivity index (χ2n) is 12.4. The summed E-state index contributed by atoms with van der Waals surface area (Å²) < 4.78 is 8.08. The van der Waals surface area contributed by atoms with Crippen molar-refractivity contribution >= 4 is 29.0 Å². The van der Waals surface area contributed by atoms with E-state index in [4.69, 9.17) is 15.5 Å². The van der Waals surface area contributed by atoms with Crippen LogP contribution < -0.4 is 15.8 Å². The molecule has 11 nitrogen and oxygen atoms in total. The molecule has 2 fully saturated rings. The first kappa shape index (κ1) is 29.6. The lowest BCUT2D eigenvalue weighted by atomic mass is 9.77. The van der Waals surface area contributed by atoms with E-state index in [2.05, 4.69) is 45.9 Å². The van der Waals surface area contributed by atoms with Crippen molar-refractivity contribution in [1.82, 2.24) is 29.2 Å². The van der Waals surface area contributed by atoms with Gasteiger partial charge in [-0.3, -0.25) is 18.9 Å². The molecule has 0 unspecified atom stereocenters. The van der Waals surface area contributed by atoms with Crippen LogP contribution in [-0.4, -0.2) is 79.3 Å². The van der Waals surface area contributed by atoms with Crippen LogP contribution in [0.2, 0.25) is 0 Å². The Balaban J connectivity index is 1.38. The number of nitrogen functional groups attached to an aromatic ring is 1. The Kier molecular flexibility index (Phi) is 7.75. The van der Waals surface area contributed by atoms with Crippen LogP contribution in [0.3, 0.4) is 0 Å². The van der Waals surface area contributed by atoms with Gasteiger partial charge in [-0.1, -0.05) is 6.92 Å². The molecule has 0 aliphatic carbocycles. The van der Waals surface area contributed by atoms with Crippen molar-refractivity contribution in [2.45, 2.75) is 65.0 Å². The number of ether oxygens (including phenoxy) is 1. The van der Waals surface area contributed by atoms with Gasteiger partial charge in [-0.25, -0.2) is 15.0 Å². The van der Waals surface area contributed by atoms with Gasteiger partial charge in [0.2, 0.25) is 5.91 Å². The van der Waals surface area contributed by atoms with Crippen molar-refractivity contribution in [2.75, 3.05) is 37.3 Å². The minimum Gasteiger partial charge on any atom is -0.493 e. The van der Waals surface area contributed by atoms with E-state index in [1.165, 1.54) is 0 Å². The topological polar surface area (TPSA) is 131 Å². The third-order valence-corrected chi connectivity index (χ3v) is 8.90. The van der Waals surface area contributed by atoms with Gasteiger partial charge in [-0.05, 0) is 76.4 Å². The molecule has 5 heterocycles. The van der Waals surface area contributed by atoms with Crippen molar-refractivity contribution in [2.24, 2.45) is 0 Å². The Labute approximate surface area is 257 Å². The quantitative estimate of drug-likeness (QED) is 0.323. The van der Waals surface area contributed by atoms with Gasteiger partial charge >= 0.3 is 0 Å². The number of nitrogens with one attached hydrogen (secondary N) is 1. The summed E-state index contributed by atoms with van der Waals surface area (Å²) in [5.41, 5.74) is 9.52. The highest BCUT2D eigenvalue weighted by Gasteiger charge is 2.45. The number of carbonyl (C=O) groups excluding carboxylic acids is 2. The lowest BCUT2D eigenvalue weighted by molar-refractivity contribution is -0.144. The Morgan fingerprint density at radius 1 is 1.20 bits per heavy atom. The number of hydrogen-bond donors (Lipinski definition) is 2. The number of piperazine rings is 1. The Morgan fingerprint density at radius 3 is 2.77 bits per heavy atom. The second-order valence-corrected chi connectivity index (χ2v) is 12.4. The van der Waals surface area contributed by atoms with Crippen LogP contribution in [0.1, 0.15) is 62.3 Å². The molecule has 1 aromatic carbocycles. The highest BCUT2D eigenvalue weighted by atomic mass is 16.5. The Bertz CT molecular complexity index is 1730. The third kappa shape index (κ3) is 5.36. The van der Waals surface area contributed by atoms with Crippen LogP contribution >= 0.6 is 0 Å². The number of hydrogen-bond acceptors (Lipinski definition) is 8. The van der Waals surface area contributed by atoms with Crippen LogP contribution in [0.15, 0.2) is 48.9 Å². The lowest BCUT2D eigenvalue weighted by Crippen LogP contribution is -2.63. The number of anilines is 2. The van der Waals surface area contributed by atoms with E-state index in [1.807, 2.05) is 42.6 Å². The van der Waals surface area contributed by atoms with Gasteiger partial charge < -0.3 is 20.7 Å². The number of rotatable bonds is 7. The zero-order chi connectivity index (χ0) is 31.2. The maximum Gasteiger partial charge on any atom is 0.256 e. The summed E-state index contributed by atoms with van der Waals surface area (Å²) in [4.78, 5) is 44.6. The number of imidazole rings is 1. The fourth-order valence-electron chi connectivity index (χ4n) is 6.49. The van der Waals surface area contributed by atoms with Crippen LogP contribution in [0.25, 0.3) is 16.8 Å². The summed E-state index contributed by atoms with van der Waals surface area (Å²) in [6, 6.07) is 9.54. The standard InChI is InChI=1S/C33H40N8O3/c1-6-44-25-16-22(31(43)37-26-15-21(4)10-12-35-26)7-8-24(25)28-29-30(34)36-13-14-40(29)32(38-28)33(5)11-9-23-17-39(20(2)3)18-27(42)41(23)19-33/h7-8,10,12-16,20,23H,6,9,11,17-19H2,1-5H3,(H2,34,36)(H,35,37,43)/t23-,33+/m1/s1. The number of pyridine rings is 1. The maximum absolute atomic E-state index is 13.3. The van der Waals surface area contributed by atoms with Gasteiger partial charge in [-0.15, -0.1) is 0 Å². The van der Waals surface area contributed by atoms with E-state index in [1.54, 1.807) is 24.5 Å². The highest BCUT2D eigenvalue weighted by molar-refractivity contribution is 6.04. The van der Waals surface area contributed by atoms with Crippen molar-refractivity contribution in [3.8, 4) is 17.0 Å². The molecule has 6 rings (SSSR count). The fraction of sp³-hybridized carbons (Fsp3) is 0.424. The SMILES string of the molecule is CCOc1cc(C(=O)Nc2cc(C)ccn2)ccc1-c1nc([C@@]2(C)CC[C@@H]3CN(C(C)C)CC(=O)N3C2)n2ccnc(N)c12. The number of carbonyl (C=O) groups is 2. The van der Waals surface area contributed by atoms with Gasteiger partial charge in [-0.2, -0.15) is 0 Å². The van der Waals surface area contributed by atoms with E-state index in [0.717, 1.165) is 30.8 Å². The average molecular weight is 597 g/mol. The van der Waals surface area contributed by atoms with E-state index in [9.17, 15) is 9.59 Å². The number of nitrogens with zero attached hydrogens (tertiary/aromatic N) is 6. The highest BCUT2D eigenvalue weighted by Crippen LogP contribution is 2.42. The lowest BCUT2D eigenvalue weighted by Gasteiger charge is -2.50. The molecule has 2 atom stereocenters. The van der Waals surface area contributed by atoms with Crippen LogP contribution in [0.5, 0.6) is 5.75 Å². The first-order valence-corrected chi connectivity index (χ1v) is 15.3. The molecule has 230 valence electrons. The number of piperidine rings is 1. The summed E-state index contributed by atoms with van der Waals surface area (Å²) in [6.45, 7) is 12.6. The van der Waals surface area contributed by atoms with E-state index < -0.39 is 5.41 Å². The molecule has 0 saturated carbocycles. The minimum absolute atomic E-state index is 0.163. The molecule has 3 N–H and O–H groups in total. The zero-order valence-corrected chi connectivity index (χ0v) is 26.0. The van der Waals surface area contributed by atoms with Gasteiger partial charge in [0.25, 0.3) is 5.91 Å². The molecule has 0 spiro atoms. The van der Waals surface area contributed by atoms with E-state index in [-0.39, 0.29) is 17.9 Å². The monoisotopic (exact) mass is 596 g/mol. The molecule has 3 aromatic heterocycles. The number of fused-ring (bicyclic) bond motifs is 2. The summed E-state index contributed by atoms with van der Waals surface area (Å²) >= 11 is 0. The third-order valence-electron chi connectivity index (χ3n) is 8.90. The van der Waals surface area contributed by atoms with Crippen molar-refractivity contribution in [1.29, 1.82) is 0 Å². The summed E-state index contributed by atoms with van der Waals surface area (Å²) in [7, 11) is 0. The van der Waals surface area contributed by atoms with Crippen LogP contribution in [0.4, 0.5) is 11.6 Å². The number of aromatic nitrogens is 4. The van der Waals surface area contributed by atoms with Gasteiger partial charge in [0.15, 0.2) is 0 Å². The molecule has 2 aliphatic rings. The van der Waals surface area contributed by atoms with Crippen molar-refractivity contribution < 1.29 is 14.3 Å². The predicted octanol–water partition coefficient (Wildman–Crippen LogP) is 4.31. The molecule has 44 heavy (non-hydrogen) atoms. The van der Waals surface area contributed by atoms with Crippen LogP contribution in [-0.2, 0) is 10.2 Å². The minimum atomic E-state index is -0.409. The molecule has 0 bridgehead atoms. The summed E-state index contributed by atoms with van der Waals surface area (Å²) in [5.74, 6) is 2.03. The molecule has 0 radical (unpaired) electrons. The van der Waals surface area contributed by atoms with Gasteiger partial charge in [0.1, 0.15) is 34.4 Å². The first-order chi connectivity index (χ1) is 21.1. The predicted molar refractivity (Wildman–Crippen MR) is 170 cm³/mol. The summed E-state index contributed by atoms with van der Waals surface area (Å²) in [5, 5.41) is 2.86. The zero-order valence-electron chi connectivity index (χ0n) is 26.0. The largest absolute Gasteiger partial charge is 0.493 e. The van der Waals surface area contributed by atoms with Gasteiger partial charge in [0, 0.05) is 60.3 Å².